The van der Waals surface area contributed by atoms with Gasteiger partial charge in [0.1, 0.15) is 17.2 Å². The zero-order valence-electron chi connectivity index (χ0n) is 6.93. The number of carbonyl (C=O) groups is 1. The van der Waals surface area contributed by atoms with E-state index in [1.807, 2.05) is 22.6 Å². The first-order valence-electron chi connectivity index (χ1n) is 3.67. The summed E-state index contributed by atoms with van der Waals surface area (Å²) in [6.07, 6.45) is 1.30. The van der Waals surface area contributed by atoms with E-state index in [1.54, 1.807) is 0 Å². The molecule has 0 atom stereocenters. The van der Waals surface area contributed by atoms with Gasteiger partial charge in [0, 0.05) is 6.20 Å². The Labute approximate surface area is 93.1 Å². The molecule has 0 aliphatic carbocycles. The Morgan fingerprint density at radius 3 is 2.43 bits per heavy atom. The molecule has 1 N–H and O–H groups in total. The van der Waals surface area contributed by atoms with Crippen LogP contribution in [0.3, 0.4) is 0 Å². The van der Waals surface area contributed by atoms with Crippen LogP contribution in [0.2, 0.25) is 0 Å². The molecule has 0 aliphatic heterocycles. The second-order valence-corrected chi connectivity index (χ2v) is 3.08. The Kier molecular flexibility index (Phi) is 3.99. The van der Waals surface area contributed by atoms with Crippen molar-refractivity contribution in [1.29, 1.82) is 0 Å². The minimum absolute atomic E-state index is 0.568. The minimum atomic E-state index is -0.871. The van der Waals surface area contributed by atoms with Gasteiger partial charge in [-0.05, 0) is 16.2 Å². The van der Waals surface area contributed by atoms with Crippen LogP contribution in [0.4, 0.5) is 8.78 Å². The second kappa shape index (κ2) is 5.04. The first-order valence-corrected chi connectivity index (χ1v) is 4.91. The van der Waals surface area contributed by atoms with Crippen LogP contribution in [-0.2, 0) is 0 Å². The number of benzene rings is 1. The molecule has 1 rings (SSSR count). The van der Waals surface area contributed by atoms with Gasteiger partial charge in [-0.25, -0.2) is 8.78 Å². The normalized spacial score (nSPS) is 10.5. The van der Waals surface area contributed by atoms with E-state index in [0.717, 1.165) is 12.1 Å². The number of halogens is 3. The molecule has 0 aliphatic rings. The van der Waals surface area contributed by atoms with Gasteiger partial charge in [-0.15, -0.1) is 0 Å². The van der Waals surface area contributed by atoms with Crippen molar-refractivity contribution in [1.82, 2.24) is 5.32 Å². The first kappa shape index (κ1) is 11.1. The van der Waals surface area contributed by atoms with E-state index in [0.29, 0.717) is 0 Å². The van der Waals surface area contributed by atoms with Crippen LogP contribution in [0.1, 0.15) is 10.4 Å². The Hall–Kier alpha value is -0.980. The highest BCUT2D eigenvalue weighted by Crippen LogP contribution is 2.11. The van der Waals surface area contributed by atoms with E-state index in [1.165, 1.54) is 16.3 Å². The molecule has 0 saturated heterocycles. The summed E-state index contributed by atoms with van der Waals surface area (Å²) in [5, 5.41) is 2.22. The van der Waals surface area contributed by atoms with Gasteiger partial charge < -0.3 is 5.32 Å². The van der Waals surface area contributed by atoms with Gasteiger partial charge in [-0.3, -0.25) is 4.79 Å². The molecule has 1 aromatic rings. The van der Waals surface area contributed by atoms with Crippen LogP contribution in [-0.4, -0.2) is 5.91 Å². The summed E-state index contributed by atoms with van der Waals surface area (Å²) in [7, 11) is 0. The van der Waals surface area contributed by atoms with Crippen LogP contribution in [0.15, 0.2) is 28.5 Å². The first-order chi connectivity index (χ1) is 6.66. The summed E-state index contributed by atoms with van der Waals surface area (Å²) in [6.45, 7) is 0. The highest BCUT2D eigenvalue weighted by atomic mass is 127. The summed E-state index contributed by atoms with van der Waals surface area (Å²) < 4.78 is 27.5. The minimum Gasteiger partial charge on any atom is -0.328 e. The van der Waals surface area contributed by atoms with E-state index in [4.69, 9.17) is 0 Å². The number of hydrogen-bond acceptors (Lipinski definition) is 1. The highest BCUT2D eigenvalue weighted by Gasteiger charge is 2.15. The molecule has 1 aromatic carbocycles. The number of carbonyl (C=O) groups excluding carboxylic acids is 1. The molecule has 0 saturated carbocycles. The van der Waals surface area contributed by atoms with Crippen LogP contribution in [0.5, 0.6) is 0 Å². The van der Waals surface area contributed by atoms with Crippen molar-refractivity contribution >= 4 is 28.5 Å². The standard InChI is InChI=1S/C9H6F2INO/c10-6-2-1-3-7(11)8(6)9(14)13-5-4-12/h1-5H,(H,13,14)/b5-4+. The van der Waals surface area contributed by atoms with Gasteiger partial charge in [0.2, 0.25) is 0 Å². The SMILES string of the molecule is O=C(N/C=C/I)c1c(F)cccc1F. The average molecular weight is 309 g/mol. The summed E-state index contributed by atoms with van der Waals surface area (Å²) in [6, 6.07) is 3.27. The molecule has 0 spiro atoms. The summed E-state index contributed by atoms with van der Waals surface area (Å²) in [5.41, 5.74) is -0.568. The fourth-order valence-corrected chi connectivity index (χ4v) is 1.07. The number of hydrogen-bond donors (Lipinski definition) is 1. The Morgan fingerprint density at radius 1 is 1.36 bits per heavy atom. The van der Waals surface area contributed by atoms with E-state index in [-0.39, 0.29) is 0 Å². The molecule has 0 fully saturated rings. The Morgan fingerprint density at radius 2 is 1.93 bits per heavy atom. The van der Waals surface area contributed by atoms with Crippen molar-refractivity contribution in [3.63, 3.8) is 0 Å². The third-order valence-electron chi connectivity index (χ3n) is 1.47. The highest BCUT2D eigenvalue weighted by molar-refractivity contribution is 14.1. The van der Waals surface area contributed by atoms with Crippen LogP contribution in [0.25, 0.3) is 0 Å². The third-order valence-corrected chi connectivity index (χ3v) is 1.83. The maximum Gasteiger partial charge on any atom is 0.261 e. The van der Waals surface area contributed by atoms with Gasteiger partial charge in [-0.1, -0.05) is 28.7 Å². The van der Waals surface area contributed by atoms with Crippen molar-refractivity contribution in [2.75, 3.05) is 0 Å². The lowest BCUT2D eigenvalue weighted by atomic mass is 10.2. The fraction of sp³-hybridized carbons (Fsp3) is 0. The second-order valence-electron chi connectivity index (χ2n) is 2.36. The van der Waals surface area contributed by atoms with Gasteiger partial charge >= 0.3 is 0 Å². The summed E-state index contributed by atoms with van der Waals surface area (Å²) in [4.78, 5) is 11.2. The lowest BCUT2D eigenvalue weighted by molar-refractivity contribution is 0.0962. The van der Waals surface area contributed by atoms with Gasteiger partial charge in [0.05, 0.1) is 0 Å². The van der Waals surface area contributed by atoms with E-state index < -0.39 is 23.1 Å². The molecule has 1 amide bonds. The number of amides is 1. The van der Waals surface area contributed by atoms with Gasteiger partial charge in [0.25, 0.3) is 5.91 Å². The monoisotopic (exact) mass is 309 g/mol. The van der Waals surface area contributed by atoms with Crippen LogP contribution >= 0.6 is 22.6 Å². The Bertz CT molecular complexity index is 359. The van der Waals surface area contributed by atoms with Crippen molar-refractivity contribution in [2.45, 2.75) is 0 Å². The maximum absolute atomic E-state index is 13.0. The van der Waals surface area contributed by atoms with Gasteiger partial charge in [-0.2, -0.15) is 0 Å². The molecule has 0 unspecified atom stereocenters. The summed E-state index contributed by atoms with van der Waals surface area (Å²) >= 11 is 1.87. The van der Waals surface area contributed by atoms with Crippen LogP contribution in [0, 0.1) is 11.6 Å². The average Bonchev–Trinajstić information content (AvgIpc) is 2.14. The van der Waals surface area contributed by atoms with Gasteiger partial charge in [0.15, 0.2) is 0 Å². The molecule has 0 radical (unpaired) electrons. The van der Waals surface area contributed by atoms with Crippen molar-refractivity contribution in [3.8, 4) is 0 Å². The molecular weight excluding hydrogens is 303 g/mol. The zero-order chi connectivity index (χ0) is 10.6. The third kappa shape index (κ3) is 2.50. The molecule has 0 heterocycles. The molecule has 5 heteroatoms. The number of nitrogens with one attached hydrogen (secondary N) is 1. The molecular formula is C9H6F2INO. The largest absolute Gasteiger partial charge is 0.328 e. The lowest BCUT2D eigenvalue weighted by Gasteiger charge is -2.02. The maximum atomic E-state index is 13.0. The predicted molar refractivity (Wildman–Crippen MR) is 57.0 cm³/mol. The van der Waals surface area contributed by atoms with E-state index in [9.17, 15) is 13.6 Å². The molecule has 0 bridgehead atoms. The molecule has 2 nitrogen and oxygen atoms in total. The van der Waals surface area contributed by atoms with Crippen molar-refractivity contribution < 1.29 is 13.6 Å². The lowest BCUT2D eigenvalue weighted by Crippen LogP contribution is -2.19. The van der Waals surface area contributed by atoms with E-state index in [2.05, 4.69) is 5.32 Å². The van der Waals surface area contributed by atoms with Crippen molar-refractivity contribution in [2.24, 2.45) is 0 Å². The van der Waals surface area contributed by atoms with E-state index >= 15 is 0 Å². The molecule has 0 aromatic heterocycles. The number of rotatable bonds is 2. The smallest absolute Gasteiger partial charge is 0.261 e. The predicted octanol–water partition coefficient (Wildman–Crippen LogP) is 2.60. The zero-order valence-corrected chi connectivity index (χ0v) is 9.09. The van der Waals surface area contributed by atoms with Crippen LogP contribution < -0.4 is 5.32 Å². The molecule has 74 valence electrons. The molecule has 14 heavy (non-hydrogen) atoms. The fourth-order valence-electron chi connectivity index (χ4n) is 0.894. The Balaban J connectivity index is 3.00. The van der Waals surface area contributed by atoms with Crippen molar-refractivity contribution in [3.05, 3.63) is 45.7 Å². The topological polar surface area (TPSA) is 29.1 Å². The quantitative estimate of drug-likeness (QED) is 0.836. The summed E-state index contributed by atoms with van der Waals surface area (Å²) in [5.74, 6) is -2.54.